The largest absolute Gasteiger partial charge is 0.334 e. The molecule has 5 nitrogen and oxygen atoms in total. The van der Waals surface area contributed by atoms with E-state index in [0.717, 1.165) is 42.2 Å². The minimum Gasteiger partial charge on any atom is -0.334 e. The van der Waals surface area contributed by atoms with Crippen molar-refractivity contribution in [3.63, 3.8) is 0 Å². The summed E-state index contributed by atoms with van der Waals surface area (Å²) in [6, 6.07) is 17.7. The average molecular weight is 332 g/mol. The van der Waals surface area contributed by atoms with E-state index in [1.54, 1.807) is 4.90 Å². The number of aromatic nitrogens is 3. The predicted molar refractivity (Wildman–Crippen MR) is 96.0 cm³/mol. The van der Waals surface area contributed by atoms with Crippen LogP contribution < -0.4 is 0 Å². The fraction of sp³-hybridized carbons (Fsp3) is 0.250. The van der Waals surface area contributed by atoms with Gasteiger partial charge in [-0.3, -0.25) is 4.79 Å². The van der Waals surface area contributed by atoms with Gasteiger partial charge in [0.05, 0.1) is 6.54 Å². The molecule has 0 fully saturated rings. The predicted octanol–water partition coefficient (Wildman–Crippen LogP) is 3.16. The van der Waals surface area contributed by atoms with Gasteiger partial charge in [0.1, 0.15) is 5.82 Å². The van der Waals surface area contributed by atoms with Gasteiger partial charge in [0, 0.05) is 25.6 Å². The molecule has 4 rings (SSSR count). The second-order valence-electron chi connectivity index (χ2n) is 6.36. The third-order valence-electron chi connectivity index (χ3n) is 4.65. The lowest BCUT2D eigenvalue weighted by Crippen LogP contribution is -2.28. The van der Waals surface area contributed by atoms with Crippen molar-refractivity contribution in [2.45, 2.75) is 25.9 Å². The van der Waals surface area contributed by atoms with E-state index in [1.807, 2.05) is 61.6 Å². The first-order valence-electron chi connectivity index (χ1n) is 8.55. The van der Waals surface area contributed by atoms with E-state index in [2.05, 4.69) is 14.8 Å². The van der Waals surface area contributed by atoms with Gasteiger partial charge in [0.25, 0.3) is 5.91 Å². The molecule has 3 aromatic rings. The summed E-state index contributed by atoms with van der Waals surface area (Å²) in [5, 5.41) is 8.48. The van der Waals surface area contributed by atoms with Crippen molar-refractivity contribution >= 4 is 5.91 Å². The first-order valence-corrected chi connectivity index (χ1v) is 8.55. The van der Waals surface area contributed by atoms with Gasteiger partial charge in [-0.2, -0.15) is 0 Å². The third-order valence-corrected chi connectivity index (χ3v) is 4.65. The van der Waals surface area contributed by atoms with E-state index in [-0.39, 0.29) is 5.91 Å². The summed E-state index contributed by atoms with van der Waals surface area (Å²) in [6.07, 6.45) is 2.08. The van der Waals surface area contributed by atoms with E-state index in [0.29, 0.717) is 12.1 Å². The van der Waals surface area contributed by atoms with Crippen LogP contribution in [-0.4, -0.2) is 32.6 Å². The Morgan fingerprint density at radius 2 is 1.84 bits per heavy atom. The number of aryl methyl sites for hydroxylation is 1. The Bertz CT molecular complexity index is 901. The van der Waals surface area contributed by atoms with Crippen LogP contribution in [0.15, 0.2) is 54.6 Å². The summed E-state index contributed by atoms with van der Waals surface area (Å²) in [7, 11) is 1.82. The first-order chi connectivity index (χ1) is 12.2. The fourth-order valence-corrected chi connectivity index (χ4v) is 3.36. The van der Waals surface area contributed by atoms with Crippen molar-refractivity contribution in [1.82, 2.24) is 19.7 Å². The molecule has 0 saturated carbocycles. The molecule has 0 atom stereocenters. The van der Waals surface area contributed by atoms with Gasteiger partial charge in [-0.1, -0.05) is 48.5 Å². The van der Waals surface area contributed by atoms with Gasteiger partial charge >= 0.3 is 0 Å². The Balaban J connectivity index is 1.60. The number of hydrogen-bond acceptors (Lipinski definition) is 3. The maximum atomic E-state index is 13.0. The molecule has 126 valence electrons. The minimum atomic E-state index is -0.00481. The highest BCUT2D eigenvalue weighted by atomic mass is 16.2. The standard InChI is InChI=1S/C20H20N4O/c1-23(14-19-22-21-18-12-7-13-24(18)19)20(25)17-11-6-5-10-16(17)15-8-3-2-4-9-15/h2-6,8-11H,7,12-14H2,1H3. The number of carbonyl (C=O) groups is 1. The Hall–Kier alpha value is -2.95. The second kappa shape index (κ2) is 6.51. The lowest BCUT2D eigenvalue weighted by molar-refractivity contribution is 0.0781. The van der Waals surface area contributed by atoms with Crippen molar-refractivity contribution in [1.29, 1.82) is 0 Å². The number of nitrogens with zero attached hydrogens (tertiary/aromatic N) is 4. The van der Waals surface area contributed by atoms with Crippen molar-refractivity contribution in [3.8, 4) is 11.1 Å². The number of hydrogen-bond donors (Lipinski definition) is 0. The van der Waals surface area contributed by atoms with E-state index in [9.17, 15) is 4.79 Å². The quantitative estimate of drug-likeness (QED) is 0.737. The molecular formula is C20H20N4O. The number of fused-ring (bicyclic) bond motifs is 1. The van der Waals surface area contributed by atoms with Gasteiger partial charge in [0.15, 0.2) is 5.82 Å². The average Bonchev–Trinajstić information content (AvgIpc) is 3.27. The summed E-state index contributed by atoms with van der Waals surface area (Å²) < 4.78 is 2.13. The van der Waals surface area contributed by atoms with E-state index >= 15 is 0 Å². The highest BCUT2D eigenvalue weighted by Crippen LogP contribution is 2.25. The number of carbonyl (C=O) groups excluding carboxylic acids is 1. The molecule has 5 heteroatoms. The van der Waals surface area contributed by atoms with Crippen LogP contribution in [0.4, 0.5) is 0 Å². The molecule has 1 amide bonds. The minimum absolute atomic E-state index is 0.00481. The number of amides is 1. The normalized spacial score (nSPS) is 12.8. The molecule has 25 heavy (non-hydrogen) atoms. The molecule has 2 aromatic carbocycles. The van der Waals surface area contributed by atoms with Gasteiger partial charge < -0.3 is 9.47 Å². The molecule has 1 aliphatic rings. The monoisotopic (exact) mass is 332 g/mol. The van der Waals surface area contributed by atoms with Gasteiger partial charge in [-0.15, -0.1) is 10.2 Å². The first kappa shape index (κ1) is 15.6. The molecule has 0 aliphatic carbocycles. The SMILES string of the molecule is CN(Cc1nnc2n1CCC2)C(=O)c1ccccc1-c1ccccc1. The van der Waals surface area contributed by atoms with Crippen molar-refractivity contribution in [2.24, 2.45) is 0 Å². The lowest BCUT2D eigenvalue weighted by Gasteiger charge is -2.19. The van der Waals surface area contributed by atoms with Crippen LogP contribution in [0.1, 0.15) is 28.4 Å². The van der Waals surface area contributed by atoms with Crippen LogP contribution in [0.25, 0.3) is 11.1 Å². The smallest absolute Gasteiger partial charge is 0.254 e. The molecule has 2 heterocycles. The molecule has 0 unspecified atom stereocenters. The second-order valence-corrected chi connectivity index (χ2v) is 6.36. The summed E-state index contributed by atoms with van der Waals surface area (Å²) in [6.45, 7) is 1.41. The number of benzene rings is 2. The van der Waals surface area contributed by atoms with E-state index < -0.39 is 0 Å². The van der Waals surface area contributed by atoms with Crippen LogP contribution in [0, 0.1) is 0 Å². The van der Waals surface area contributed by atoms with Crippen molar-refractivity contribution < 1.29 is 4.79 Å². The van der Waals surface area contributed by atoms with Crippen molar-refractivity contribution in [3.05, 3.63) is 71.8 Å². The Morgan fingerprint density at radius 3 is 2.68 bits per heavy atom. The van der Waals surface area contributed by atoms with Crippen LogP contribution in [0.5, 0.6) is 0 Å². The van der Waals surface area contributed by atoms with E-state index in [1.165, 1.54) is 0 Å². The third kappa shape index (κ3) is 2.93. The molecule has 0 N–H and O–H groups in total. The van der Waals surface area contributed by atoms with Crippen LogP contribution in [0.2, 0.25) is 0 Å². The summed E-state index contributed by atoms with van der Waals surface area (Å²) in [5.41, 5.74) is 2.70. The molecule has 0 spiro atoms. The van der Waals surface area contributed by atoms with E-state index in [4.69, 9.17) is 0 Å². The molecule has 0 bridgehead atoms. The highest BCUT2D eigenvalue weighted by molar-refractivity contribution is 6.00. The summed E-state index contributed by atoms with van der Waals surface area (Å²) in [5.74, 6) is 1.89. The molecule has 1 aliphatic heterocycles. The number of rotatable bonds is 4. The highest BCUT2D eigenvalue weighted by Gasteiger charge is 2.21. The van der Waals surface area contributed by atoms with Gasteiger partial charge in [-0.05, 0) is 23.6 Å². The van der Waals surface area contributed by atoms with Gasteiger partial charge in [0.2, 0.25) is 0 Å². The summed E-state index contributed by atoms with van der Waals surface area (Å²) in [4.78, 5) is 14.8. The molecule has 0 radical (unpaired) electrons. The Labute approximate surface area is 146 Å². The zero-order valence-corrected chi connectivity index (χ0v) is 14.2. The van der Waals surface area contributed by atoms with Crippen LogP contribution in [-0.2, 0) is 19.5 Å². The molecule has 0 saturated heterocycles. The maximum Gasteiger partial charge on any atom is 0.254 e. The molecular weight excluding hydrogens is 312 g/mol. The van der Waals surface area contributed by atoms with Crippen LogP contribution >= 0.6 is 0 Å². The zero-order chi connectivity index (χ0) is 17.2. The van der Waals surface area contributed by atoms with Gasteiger partial charge in [-0.25, -0.2) is 0 Å². The molecule has 1 aromatic heterocycles. The fourth-order valence-electron chi connectivity index (χ4n) is 3.36. The topological polar surface area (TPSA) is 51.0 Å². The Morgan fingerprint density at radius 1 is 1.08 bits per heavy atom. The summed E-state index contributed by atoms with van der Waals surface area (Å²) >= 11 is 0. The van der Waals surface area contributed by atoms with Crippen molar-refractivity contribution in [2.75, 3.05) is 7.05 Å². The lowest BCUT2D eigenvalue weighted by atomic mass is 9.99. The maximum absolute atomic E-state index is 13.0. The Kier molecular flexibility index (Phi) is 4.06. The zero-order valence-electron chi connectivity index (χ0n) is 14.2. The van der Waals surface area contributed by atoms with Crippen LogP contribution in [0.3, 0.4) is 0 Å².